The van der Waals surface area contributed by atoms with Gasteiger partial charge in [-0.3, -0.25) is 14.9 Å². The molecule has 0 fully saturated rings. The lowest BCUT2D eigenvalue weighted by molar-refractivity contribution is -0.384. The number of aromatic amines is 1. The highest BCUT2D eigenvalue weighted by molar-refractivity contribution is 9.10. The molecule has 6 nitrogen and oxygen atoms in total. The topological polar surface area (TPSA) is 88.0 Å². The van der Waals surface area contributed by atoms with Crippen molar-refractivity contribution in [1.82, 2.24) is 10.3 Å². The van der Waals surface area contributed by atoms with Crippen LogP contribution in [0.5, 0.6) is 0 Å². The maximum absolute atomic E-state index is 11.8. The summed E-state index contributed by atoms with van der Waals surface area (Å²) < 4.78 is 1.02. The third-order valence-corrected chi connectivity index (χ3v) is 4.14. The van der Waals surface area contributed by atoms with Gasteiger partial charge in [-0.15, -0.1) is 11.8 Å². The fraction of sp³-hybridized carbons (Fsp3) is 0.154. The van der Waals surface area contributed by atoms with Crippen molar-refractivity contribution in [2.24, 2.45) is 0 Å². The molecule has 2 rings (SSSR count). The Labute approximate surface area is 133 Å². The van der Waals surface area contributed by atoms with E-state index >= 15 is 0 Å². The minimum Gasteiger partial charge on any atom is -0.351 e. The molecule has 0 unspecified atom stereocenters. The SMILES string of the molecule is O=C(NCCSc1ccc(Br)cc1)c1cc([N+](=O)[O-])c[nH]1. The van der Waals surface area contributed by atoms with E-state index in [1.54, 1.807) is 11.8 Å². The van der Waals surface area contributed by atoms with Crippen molar-refractivity contribution in [3.8, 4) is 0 Å². The predicted molar refractivity (Wildman–Crippen MR) is 84.6 cm³/mol. The Morgan fingerprint density at radius 2 is 2.10 bits per heavy atom. The van der Waals surface area contributed by atoms with Gasteiger partial charge in [-0.2, -0.15) is 0 Å². The van der Waals surface area contributed by atoms with Crippen molar-refractivity contribution >= 4 is 39.3 Å². The Kier molecular flexibility index (Phi) is 5.40. The molecule has 1 aromatic carbocycles. The number of hydrogen-bond donors (Lipinski definition) is 2. The summed E-state index contributed by atoms with van der Waals surface area (Å²) in [5.74, 6) is 0.371. The van der Waals surface area contributed by atoms with Gasteiger partial charge in [0.2, 0.25) is 0 Å². The van der Waals surface area contributed by atoms with Gasteiger partial charge in [0.05, 0.1) is 11.1 Å². The second-order valence-electron chi connectivity index (χ2n) is 4.09. The molecular weight excluding hydrogens is 358 g/mol. The number of carbonyl (C=O) groups is 1. The van der Waals surface area contributed by atoms with Gasteiger partial charge in [0, 0.05) is 27.7 Å². The molecule has 110 valence electrons. The zero-order valence-electron chi connectivity index (χ0n) is 10.8. The summed E-state index contributed by atoms with van der Waals surface area (Å²) in [6, 6.07) is 9.12. The fourth-order valence-corrected chi connectivity index (χ4v) is 2.61. The summed E-state index contributed by atoms with van der Waals surface area (Å²) in [6.45, 7) is 0.479. The van der Waals surface area contributed by atoms with Crippen molar-refractivity contribution in [3.63, 3.8) is 0 Å². The number of aromatic nitrogens is 1. The first kappa shape index (κ1) is 15.6. The molecule has 0 saturated heterocycles. The number of thioether (sulfide) groups is 1. The van der Waals surface area contributed by atoms with Crippen LogP contribution < -0.4 is 5.32 Å². The van der Waals surface area contributed by atoms with E-state index in [0.717, 1.165) is 15.1 Å². The number of amides is 1. The Morgan fingerprint density at radius 1 is 1.38 bits per heavy atom. The molecule has 2 N–H and O–H groups in total. The fourth-order valence-electron chi connectivity index (χ4n) is 1.58. The maximum Gasteiger partial charge on any atom is 0.287 e. The van der Waals surface area contributed by atoms with E-state index < -0.39 is 4.92 Å². The number of rotatable bonds is 6. The van der Waals surface area contributed by atoms with Crippen LogP contribution in [0.1, 0.15) is 10.5 Å². The first-order chi connectivity index (χ1) is 10.1. The van der Waals surface area contributed by atoms with Crippen LogP contribution in [0.2, 0.25) is 0 Å². The zero-order chi connectivity index (χ0) is 15.2. The molecule has 0 spiro atoms. The van der Waals surface area contributed by atoms with Crippen LogP contribution >= 0.6 is 27.7 Å². The van der Waals surface area contributed by atoms with Crippen molar-refractivity contribution in [2.75, 3.05) is 12.3 Å². The highest BCUT2D eigenvalue weighted by Crippen LogP contribution is 2.20. The summed E-state index contributed by atoms with van der Waals surface area (Å²) in [6.07, 6.45) is 1.20. The molecule has 0 aliphatic carbocycles. The quantitative estimate of drug-likeness (QED) is 0.354. The first-order valence-corrected chi connectivity index (χ1v) is 7.83. The van der Waals surface area contributed by atoms with Gasteiger partial charge in [0.15, 0.2) is 0 Å². The molecule has 1 aromatic heterocycles. The number of H-pyrrole nitrogens is 1. The van der Waals surface area contributed by atoms with Gasteiger partial charge < -0.3 is 10.3 Å². The summed E-state index contributed by atoms with van der Waals surface area (Å²) in [7, 11) is 0. The lowest BCUT2D eigenvalue weighted by Crippen LogP contribution is -2.25. The zero-order valence-corrected chi connectivity index (χ0v) is 13.2. The Morgan fingerprint density at radius 3 is 2.71 bits per heavy atom. The Hall–Kier alpha value is -1.80. The largest absolute Gasteiger partial charge is 0.351 e. The molecule has 0 aliphatic rings. The van der Waals surface area contributed by atoms with Gasteiger partial charge >= 0.3 is 0 Å². The molecule has 1 amide bonds. The molecule has 0 bridgehead atoms. The summed E-state index contributed by atoms with van der Waals surface area (Å²) in [5.41, 5.74) is 0.0692. The molecule has 0 atom stereocenters. The third-order valence-electron chi connectivity index (χ3n) is 2.59. The van der Waals surface area contributed by atoms with E-state index in [1.165, 1.54) is 12.3 Å². The summed E-state index contributed by atoms with van der Waals surface area (Å²) in [5, 5.41) is 13.2. The van der Waals surface area contributed by atoms with Gasteiger partial charge in [-0.25, -0.2) is 0 Å². The molecule has 1 heterocycles. The van der Waals surface area contributed by atoms with Crippen molar-refractivity contribution < 1.29 is 9.72 Å². The highest BCUT2D eigenvalue weighted by Gasteiger charge is 2.13. The van der Waals surface area contributed by atoms with Crippen LogP contribution in [0.4, 0.5) is 5.69 Å². The summed E-state index contributed by atoms with van der Waals surface area (Å²) >= 11 is 4.99. The van der Waals surface area contributed by atoms with Gasteiger partial charge in [0.1, 0.15) is 5.69 Å². The van der Waals surface area contributed by atoms with Crippen LogP contribution in [0.15, 0.2) is 45.9 Å². The first-order valence-electron chi connectivity index (χ1n) is 6.05. The second kappa shape index (κ2) is 7.28. The minimum atomic E-state index is -0.545. The van der Waals surface area contributed by atoms with E-state index in [1.807, 2.05) is 24.3 Å². The van der Waals surface area contributed by atoms with Crippen molar-refractivity contribution in [2.45, 2.75) is 4.90 Å². The molecule has 0 aliphatic heterocycles. The molecule has 2 aromatic rings. The van der Waals surface area contributed by atoms with E-state index in [-0.39, 0.29) is 17.3 Å². The normalized spacial score (nSPS) is 10.3. The maximum atomic E-state index is 11.8. The van der Waals surface area contributed by atoms with Crippen LogP contribution in [0.25, 0.3) is 0 Å². The number of carbonyl (C=O) groups excluding carboxylic acids is 1. The van der Waals surface area contributed by atoms with Crippen LogP contribution in [0, 0.1) is 10.1 Å². The predicted octanol–water partition coefficient (Wildman–Crippen LogP) is 3.21. The smallest absolute Gasteiger partial charge is 0.287 e. The van der Waals surface area contributed by atoms with Gasteiger partial charge in [-0.1, -0.05) is 15.9 Å². The van der Waals surface area contributed by atoms with Crippen molar-refractivity contribution in [3.05, 3.63) is 56.8 Å². The average Bonchev–Trinajstić information content (AvgIpc) is 2.95. The lowest BCUT2D eigenvalue weighted by Gasteiger charge is -2.04. The van der Waals surface area contributed by atoms with E-state index in [9.17, 15) is 14.9 Å². The minimum absolute atomic E-state index is 0.121. The highest BCUT2D eigenvalue weighted by atomic mass is 79.9. The molecular formula is C13H12BrN3O3S. The van der Waals surface area contributed by atoms with E-state index in [0.29, 0.717) is 6.54 Å². The standard InChI is InChI=1S/C13H12BrN3O3S/c14-9-1-3-11(4-2-9)21-6-5-15-13(18)12-7-10(8-16-12)17(19)20/h1-4,7-8,16H,5-6H2,(H,15,18). The van der Waals surface area contributed by atoms with Crippen molar-refractivity contribution in [1.29, 1.82) is 0 Å². The van der Waals surface area contributed by atoms with Crippen LogP contribution in [0.3, 0.4) is 0 Å². The molecule has 21 heavy (non-hydrogen) atoms. The lowest BCUT2D eigenvalue weighted by atomic mass is 10.4. The van der Waals surface area contributed by atoms with E-state index in [2.05, 4.69) is 26.2 Å². The Balaban J connectivity index is 1.76. The third kappa shape index (κ3) is 4.61. The Bertz CT molecular complexity index is 642. The molecule has 0 radical (unpaired) electrons. The molecule has 8 heteroatoms. The monoisotopic (exact) mass is 369 g/mol. The van der Waals surface area contributed by atoms with Crippen LogP contribution in [-0.2, 0) is 0 Å². The second-order valence-corrected chi connectivity index (χ2v) is 6.17. The number of nitrogens with zero attached hydrogens (tertiary/aromatic N) is 1. The molecule has 0 saturated carbocycles. The summed E-state index contributed by atoms with van der Waals surface area (Å²) in [4.78, 5) is 25.4. The average molecular weight is 370 g/mol. The van der Waals surface area contributed by atoms with E-state index in [4.69, 9.17) is 0 Å². The number of benzene rings is 1. The number of halogens is 1. The number of nitrogens with one attached hydrogen (secondary N) is 2. The van der Waals surface area contributed by atoms with Gasteiger partial charge in [0.25, 0.3) is 11.6 Å². The van der Waals surface area contributed by atoms with Crippen LogP contribution in [-0.4, -0.2) is 28.1 Å². The van der Waals surface area contributed by atoms with Gasteiger partial charge in [-0.05, 0) is 24.3 Å². The number of hydrogen-bond acceptors (Lipinski definition) is 4. The number of nitro groups is 1.